The number of nitro groups is 1. The van der Waals surface area contributed by atoms with E-state index in [9.17, 15) is 10.1 Å². The number of nitrogens with two attached hydrogens (primary N) is 1. The molecule has 0 spiro atoms. The first-order valence-corrected chi connectivity index (χ1v) is 6.91. The van der Waals surface area contributed by atoms with Crippen LogP contribution in [0.15, 0.2) is 0 Å². The van der Waals surface area contributed by atoms with Gasteiger partial charge in [0.25, 0.3) is 0 Å². The van der Waals surface area contributed by atoms with E-state index in [0.717, 1.165) is 31.6 Å². The molecule has 110 valence electrons. The van der Waals surface area contributed by atoms with E-state index in [-0.39, 0.29) is 17.7 Å². The van der Waals surface area contributed by atoms with E-state index in [2.05, 4.69) is 16.9 Å². The third kappa shape index (κ3) is 2.81. The molecule has 7 heteroatoms. The molecule has 0 bridgehead atoms. The molecule has 0 aliphatic heterocycles. The molecule has 2 N–H and O–H groups in total. The molecule has 0 aromatic carbocycles. The van der Waals surface area contributed by atoms with Crippen molar-refractivity contribution in [2.24, 2.45) is 5.92 Å². The lowest BCUT2D eigenvalue weighted by atomic mass is 9.87. The summed E-state index contributed by atoms with van der Waals surface area (Å²) in [5.41, 5.74) is 5.92. The van der Waals surface area contributed by atoms with Gasteiger partial charge in [0.15, 0.2) is 0 Å². The van der Waals surface area contributed by atoms with Crippen molar-refractivity contribution in [3.8, 4) is 0 Å². The lowest BCUT2D eigenvalue weighted by Gasteiger charge is -2.34. The monoisotopic (exact) mass is 279 g/mol. The van der Waals surface area contributed by atoms with Crippen LogP contribution in [0.5, 0.6) is 0 Å². The fourth-order valence-corrected chi connectivity index (χ4v) is 2.84. The van der Waals surface area contributed by atoms with Gasteiger partial charge in [-0.3, -0.25) is 10.1 Å². The van der Waals surface area contributed by atoms with Crippen molar-refractivity contribution in [3.05, 3.63) is 15.8 Å². The summed E-state index contributed by atoms with van der Waals surface area (Å²) in [4.78, 5) is 20.7. The molecule has 0 saturated heterocycles. The molecule has 0 unspecified atom stereocenters. The third-order valence-electron chi connectivity index (χ3n) is 4.11. The molecular weight excluding hydrogens is 258 g/mol. The molecule has 1 aromatic heterocycles. The highest BCUT2D eigenvalue weighted by Gasteiger charge is 2.29. The summed E-state index contributed by atoms with van der Waals surface area (Å²) in [6, 6.07) is 0.276. The Kier molecular flexibility index (Phi) is 4.06. The maximum Gasteiger partial charge on any atom is 0.332 e. The van der Waals surface area contributed by atoms with E-state index in [1.54, 1.807) is 6.92 Å². The smallest absolute Gasteiger partial charge is 0.332 e. The zero-order chi connectivity index (χ0) is 14.9. The number of anilines is 2. The predicted molar refractivity (Wildman–Crippen MR) is 77.7 cm³/mol. The van der Waals surface area contributed by atoms with Crippen LogP contribution in [0.4, 0.5) is 17.5 Å². The Labute approximate surface area is 118 Å². The first-order chi connectivity index (χ1) is 9.40. The standard InChI is InChI=1S/C13H21N5O2/c1-8-4-6-10(7-5-8)17(3)12-11(18(19)20)9(2)15-13(14)16-12/h8,10H,4-7H2,1-3H3,(H2,14,15,16). The quantitative estimate of drug-likeness (QED) is 0.673. The van der Waals surface area contributed by atoms with Crippen LogP contribution in [0, 0.1) is 23.0 Å². The molecule has 1 aliphatic rings. The number of aromatic nitrogens is 2. The maximum absolute atomic E-state index is 11.3. The Morgan fingerprint density at radius 3 is 2.45 bits per heavy atom. The Morgan fingerprint density at radius 1 is 1.30 bits per heavy atom. The van der Waals surface area contributed by atoms with Crippen LogP contribution < -0.4 is 10.6 Å². The summed E-state index contributed by atoms with van der Waals surface area (Å²) in [6.45, 7) is 3.84. The zero-order valence-electron chi connectivity index (χ0n) is 12.2. The summed E-state index contributed by atoms with van der Waals surface area (Å²) < 4.78 is 0. The minimum absolute atomic E-state index is 0.0414. The third-order valence-corrected chi connectivity index (χ3v) is 4.11. The first kappa shape index (κ1) is 14.5. The van der Waals surface area contributed by atoms with Crippen LogP contribution >= 0.6 is 0 Å². The molecule has 1 aromatic rings. The van der Waals surface area contributed by atoms with Crippen LogP contribution in [0.25, 0.3) is 0 Å². The average molecular weight is 279 g/mol. The van der Waals surface area contributed by atoms with E-state index in [0.29, 0.717) is 11.5 Å². The van der Waals surface area contributed by atoms with Gasteiger partial charge in [0.2, 0.25) is 11.8 Å². The van der Waals surface area contributed by atoms with E-state index < -0.39 is 4.92 Å². The van der Waals surface area contributed by atoms with Gasteiger partial charge in [0.1, 0.15) is 5.69 Å². The van der Waals surface area contributed by atoms with Gasteiger partial charge < -0.3 is 10.6 Å². The maximum atomic E-state index is 11.3. The fourth-order valence-electron chi connectivity index (χ4n) is 2.84. The molecule has 1 heterocycles. The molecular formula is C13H21N5O2. The number of rotatable bonds is 3. The van der Waals surface area contributed by atoms with Gasteiger partial charge >= 0.3 is 5.69 Å². The molecule has 0 atom stereocenters. The Morgan fingerprint density at radius 2 is 1.90 bits per heavy atom. The van der Waals surface area contributed by atoms with Crippen molar-refractivity contribution in [2.45, 2.75) is 45.6 Å². The topological polar surface area (TPSA) is 98.2 Å². The van der Waals surface area contributed by atoms with Crippen molar-refractivity contribution in [1.82, 2.24) is 9.97 Å². The highest BCUT2D eigenvalue weighted by atomic mass is 16.6. The Hall–Kier alpha value is -1.92. The fraction of sp³-hybridized carbons (Fsp3) is 0.692. The van der Waals surface area contributed by atoms with Gasteiger partial charge in [-0.05, 0) is 38.5 Å². The SMILES string of the molecule is Cc1nc(N)nc(N(C)C2CCC(C)CC2)c1[N+](=O)[O-]. The molecule has 7 nitrogen and oxygen atoms in total. The van der Waals surface area contributed by atoms with Crippen molar-refractivity contribution in [1.29, 1.82) is 0 Å². The van der Waals surface area contributed by atoms with Gasteiger partial charge in [-0.1, -0.05) is 6.92 Å². The highest BCUT2D eigenvalue weighted by Crippen LogP contribution is 2.34. The second-order valence-electron chi connectivity index (χ2n) is 5.62. The molecule has 0 amide bonds. The van der Waals surface area contributed by atoms with Gasteiger partial charge in [0.05, 0.1) is 4.92 Å². The molecule has 1 saturated carbocycles. The largest absolute Gasteiger partial charge is 0.368 e. The Bertz CT molecular complexity index is 512. The van der Waals surface area contributed by atoms with Crippen LogP contribution in [0.1, 0.15) is 38.3 Å². The van der Waals surface area contributed by atoms with Crippen LogP contribution in [-0.2, 0) is 0 Å². The van der Waals surface area contributed by atoms with Crippen LogP contribution in [0.3, 0.4) is 0 Å². The lowest BCUT2D eigenvalue weighted by molar-refractivity contribution is -0.385. The molecule has 0 radical (unpaired) electrons. The van der Waals surface area contributed by atoms with Gasteiger partial charge in [-0.25, -0.2) is 4.98 Å². The number of hydrogen-bond acceptors (Lipinski definition) is 6. The van der Waals surface area contributed by atoms with Crippen LogP contribution in [-0.4, -0.2) is 28.0 Å². The molecule has 1 fully saturated rings. The zero-order valence-corrected chi connectivity index (χ0v) is 12.2. The summed E-state index contributed by atoms with van der Waals surface area (Å²) >= 11 is 0. The predicted octanol–water partition coefficient (Wildman–Crippen LogP) is 2.29. The van der Waals surface area contributed by atoms with Crippen molar-refractivity contribution < 1.29 is 4.92 Å². The number of nitrogen functional groups attached to an aromatic ring is 1. The first-order valence-electron chi connectivity index (χ1n) is 6.91. The van der Waals surface area contributed by atoms with Crippen molar-refractivity contribution in [2.75, 3.05) is 17.7 Å². The Balaban J connectivity index is 2.33. The van der Waals surface area contributed by atoms with E-state index in [4.69, 9.17) is 5.73 Å². The molecule has 1 aliphatic carbocycles. The molecule has 2 rings (SSSR count). The van der Waals surface area contributed by atoms with E-state index in [1.165, 1.54) is 0 Å². The number of aryl methyl sites for hydroxylation is 1. The summed E-state index contributed by atoms with van der Waals surface area (Å²) in [7, 11) is 1.86. The van der Waals surface area contributed by atoms with Crippen LogP contribution in [0.2, 0.25) is 0 Å². The van der Waals surface area contributed by atoms with Crippen molar-refractivity contribution in [3.63, 3.8) is 0 Å². The minimum Gasteiger partial charge on any atom is -0.368 e. The van der Waals surface area contributed by atoms with E-state index in [1.807, 2.05) is 11.9 Å². The van der Waals surface area contributed by atoms with E-state index >= 15 is 0 Å². The lowest BCUT2D eigenvalue weighted by Crippen LogP contribution is -2.36. The normalized spacial score (nSPS) is 22.6. The van der Waals surface area contributed by atoms with Gasteiger partial charge in [0, 0.05) is 13.1 Å². The minimum atomic E-state index is -0.425. The van der Waals surface area contributed by atoms with Gasteiger partial charge in [-0.2, -0.15) is 4.98 Å². The summed E-state index contributed by atoms with van der Waals surface area (Å²) in [5.74, 6) is 1.14. The summed E-state index contributed by atoms with van der Waals surface area (Å²) in [6.07, 6.45) is 4.33. The number of nitrogens with zero attached hydrogens (tertiary/aromatic N) is 4. The number of hydrogen-bond donors (Lipinski definition) is 1. The van der Waals surface area contributed by atoms with Gasteiger partial charge in [-0.15, -0.1) is 0 Å². The summed E-state index contributed by atoms with van der Waals surface area (Å²) in [5, 5.41) is 11.3. The highest BCUT2D eigenvalue weighted by molar-refractivity contribution is 5.62. The second-order valence-corrected chi connectivity index (χ2v) is 5.62. The second kappa shape index (κ2) is 5.60. The molecule has 20 heavy (non-hydrogen) atoms. The van der Waals surface area contributed by atoms with Crippen molar-refractivity contribution >= 4 is 17.5 Å². The average Bonchev–Trinajstić information content (AvgIpc) is 2.37.